The van der Waals surface area contributed by atoms with Gasteiger partial charge in [0, 0.05) is 6.42 Å². The predicted molar refractivity (Wildman–Crippen MR) is 81.9 cm³/mol. The van der Waals surface area contributed by atoms with E-state index < -0.39 is 10.0 Å². The first-order valence-electron chi connectivity index (χ1n) is 7.95. The molecule has 22 heavy (non-hydrogen) atoms. The molecule has 124 valence electrons. The van der Waals surface area contributed by atoms with Gasteiger partial charge in [-0.15, -0.1) is 0 Å². The molecule has 1 aromatic heterocycles. The predicted octanol–water partition coefficient (Wildman–Crippen LogP) is 0.815. The fraction of sp³-hybridized carbons (Fsp3) is 0.857. The highest BCUT2D eigenvalue weighted by molar-refractivity contribution is 7.89. The summed E-state index contributed by atoms with van der Waals surface area (Å²) in [4.78, 5) is 4.41. The molecule has 1 saturated carbocycles. The van der Waals surface area contributed by atoms with Crippen LogP contribution >= 0.6 is 0 Å². The second kappa shape index (κ2) is 6.25. The summed E-state index contributed by atoms with van der Waals surface area (Å²) in [5.41, 5.74) is 0. The average Bonchev–Trinajstić information content (AvgIpc) is 3.04. The number of nitrogens with zero attached hydrogens (tertiary/aromatic N) is 2. The van der Waals surface area contributed by atoms with Crippen molar-refractivity contribution < 1.29 is 13.2 Å². The number of aryl methyl sites for hydroxylation is 1. The average molecular weight is 328 g/mol. The van der Waals surface area contributed by atoms with Crippen molar-refractivity contribution in [2.24, 2.45) is 11.8 Å². The van der Waals surface area contributed by atoms with E-state index in [-0.39, 0.29) is 17.7 Å². The largest absolute Gasteiger partial charge is 0.379 e. The summed E-state index contributed by atoms with van der Waals surface area (Å²) in [5.74, 6) is 2.50. The van der Waals surface area contributed by atoms with Gasteiger partial charge in [-0.3, -0.25) is 5.10 Å². The van der Waals surface area contributed by atoms with Gasteiger partial charge in [-0.2, -0.15) is 5.10 Å². The number of hydrogen-bond acceptors (Lipinski definition) is 5. The molecule has 3 rings (SSSR count). The van der Waals surface area contributed by atoms with Crippen LogP contribution in [0, 0.1) is 11.8 Å². The maximum atomic E-state index is 12.3. The molecule has 7 nitrogen and oxygen atoms in total. The van der Waals surface area contributed by atoms with E-state index in [9.17, 15) is 8.42 Å². The van der Waals surface area contributed by atoms with Gasteiger partial charge < -0.3 is 4.74 Å². The smallest absolute Gasteiger partial charge is 0.212 e. The summed E-state index contributed by atoms with van der Waals surface area (Å²) >= 11 is 0. The van der Waals surface area contributed by atoms with Crippen LogP contribution in [0.2, 0.25) is 0 Å². The van der Waals surface area contributed by atoms with E-state index in [0.29, 0.717) is 30.9 Å². The Morgan fingerprint density at radius 3 is 2.77 bits per heavy atom. The molecule has 1 saturated heterocycles. The van der Waals surface area contributed by atoms with E-state index in [0.717, 1.165) is 25.1 Å². The van der Waals surface area contributed by atoms with Gasteiger partial charge in [0.15, 0.2) is 5.82 Å². The quantitative estimate of drug-likeness (QED) is 0.805. The number of aromatic nitrogens is 3. The Bertz CT molecular complexity index is 609. The van der Waals surface area contributed by atoms with E-state index in [2.05, 4.69) is 26.8 Å². The molecule has 0 amide bonds. The molecule has 2 fully saturated rings. The zero-order chi connectivity index (χ0) is 15.7. The maximum Gasteiger partial charge on any atom is 0.212 e. The summed E-state index contributed by atoms with van der Waals surface area (Å²) in [5, 5.41) is 7.07. The minimum atomic E-state index is -3.28. The van der Waals surface area contributed by atoms with Crippen molar-refractivity contribution in [3.63, 3.8) is 0 Å². The third-order valence-corrected chi connectivity index (χ3v) is 6.13. The van der Waals surface area contributed by atoms with Gasteiger partial charge in [-0.25, -0.2) is 18.1 Å². The second-order valence-electron chi connectivity index (χ2n) is 6.59. The molecule has 8 heteroatoms. The monoisotopic (exact) mass is 328 g/mol. The molecule has 0 bridgehead atoms. The van der Waals surface area contributed by atoms with Gasteiger partial charge in [0.25, 0.3) is 0 Å². The van der Waals surface area contributed by atoms with Crippen LogP contribution < -0.4 is 4.72 Å². The van der Waals surface area contributed by atoms with Crippen LogP contribution in [0.3, 0.4) is 0 Å². The molecule has 0 spiro atoms. The van der Waals surface area contributed by atoms with Crippen molar-refractivity contribution in [2.45, 2.75) is 45.1 Å². The second-order valence-corrected chi connectivity index (χ2v) is 8.38. The topological polar surface area (TPSA) is 97.0 Å². The summed E-state index contributed by atoms with van der Waals surface area (Å²) in [7, 11) is -3.28. The van der Waals surface area contributed by atoms with Crippen molar-refractivity contribution in [1.82, 2.24) is 19.9 Å². The van der Waals surface area contributed by atoms with E-state index in [4.69, 9.17) is 4.74 Å². The lowest BCUT2D eigenvalue weighted by Gasteiger charge is -2.32. The summed E-state index contributed by atoms with van der Waals surface area (Å²) in [6.45, 7) is 4.98. The van der Waals surface area contributed by atoms with Crippen LogP contribution in [-0.4, -0.2) is 48.6 Å². The van der Waals surface area contributed by atoms with Crippen molar-refractivity contribution in [1.29, 1.82) is 0 Å². The van der Waals surface area contributed by atoms with E-state index in [1.165, 1.54) is 0 Å². The molecular formula is C14H24N4O3S. The van der Waals surface area contributed by atoms with Gasteiger partial charge in [-0.05, 0) is 24.7 Å². The fourth-order valence-electron chi connectivity index (χ4n) is 3.35. The van der Waals surface area contributed by atoms with Gasteiger partial charge in [0.2, 0.25) is 10.0 Å². The number of sulfonamides is 1. The Labute approximate surface area is 131 Å². The zero-order valence-corrected chi connectivity index (χ0v) is 13.9. The SMILES string of the molecule is CCc1nc([C@@H]2COC[C@@H]2NS(=O)(=O)CC2CC(C)C2)n[nH]1. The van der Waals surface area contributed by atoms with E-state index in [1.807, 2.05) is 6.92 Å². The number of rotatable bonds is 6. The summed E-state index contributed by atoms with van der Waals surface area (Å²) in [6, 6.07) is -0.275. The Hall–Kier alpha value is -0.990. The lowest BCUT2D eigenvalue weighted by molar-refractivity contribution is 0.189. The summed E-state index contributed by atoms with van der Waals surface area (Å²) in [6.07, 6.45) is 2.79. The Morgan fingerprint density at radius 1 is 1.36 bits per heavy atom. The molecule has 0 unspecified atom stereocenters. The minimum Gasteiger partial charge on any atom is -0.379 e. The third kappa shape index (κ3) is 3.49. The van der Waals surface area contributed by atoms with E-state index in [1.54, 1.807) is 0 Å². The highest BCUT2D eigenvalue weighted by Crippen LogP contribution is 2.34. The number of nitrogens with one attached hydrogen (secondary N) is 2. The van der Waals surface area contributed by atoms with Crippen molar-refractivity contribution in [3.05, 3.63) is 11.6 Å². The molecule has 2 heterocycles. The molecule has 0 radical (unpaired) electrons. The van der Waals surface area contributed by atoms with Crippen molar-refractivity contribution in [2.75, 3.05) is 19.0 Å². The van der Waals surface area contributed by atoms with Crippen molar-refractivity contribution in [3.8, 4) is 0 Å². The molecule has 2 aliphatic rings. The first kappa shape index (κ1) is 15.9. The molecule has 2 atom stereocenters. The molecule has 1 aromatic rings. The number of ether oxygens (including phenoxy) is 1. The molecule has 0 aromatic carbocycles. The van der Waals surface area contributed by atoms with Crippen molar-refractivity contribution >= 4 is 10.0 Å². The van der Waals surface area contributed by atoms with Crippen LogP contribution in [0.1, 0.15) is 44.3 Å². The Kier molecular flexibility index (Phi) is 4.52. The third-order valence-electron chi connectivity index (χ3n) is 4.55. The lowest BCUT2D eigenvalue weighted by Crippen LogP contribution is -2.43. The van der Waals surface area contributed by atoms with Crippen LogP contribution in [0.4, 0.5) is 0 Å². The Morgan fingerprint density at radius 2 is 2.14 bits per heavy atom. The first-order chi connectivity index (χ1) is 10.5. The molecular weight excluding hydrogens is 304 g/mol. The molecule has 1 aliphatic carbocycles. The van der Waals surface area contributed by atoms with Crippen LogP contribution in [0.15, 0.2) is 0 Å². The Balaban J connectivity index is 1.63. The maximum absolute atomic E-state index is 12.3. The van der Waals surface area contributed by atoms with Crippen LogP contribution in [0.5, 0.6) is 0 Å². The van der Waals surface area contributed by atoms with E-state index >= 15 is 0 Å². The normalized spacial score (nSPS) is 32.1. The highest BCUT2D eigenvalue weighted by Gasteiger charge is 2.37. The van der Waals surface area contributed by atoms with Gasteiger partial charge >= 0.3 is 0 Å². The standard InChI is InChI=1S/C14H24N4O3S/c1-3-13-15-14(17-16-13)11-6-21-7-12(11)18-22(19,20)8-10-4-9(2)5-10/h9-12,18H,3-8H2,1-2H3,(H,15,16,17)/t9?,10?,11-,12+/m1/s1. The first-order valence-corrected chi connectivity index (χ1v) is 9.61. The fourth-order valence-corrected chi connectivity index (χ4v) is 5.04. The number of hydrogen-bond donors (Lipinski definition) is 2. The number of H-pyrrole nitrogens is 1. The number of aromatic amines is 1. The lowest BCUT2D eigenvalue weighted by atomic mass is 9.77. The zero-order valence-electron chi connectivity index (χ0n) is 13.1. The minimum absolute atomic E-state index is 0.119. The van der Waals surface area contributed by atoms with Gasteiger partial charge in [0.05, 0.1) is 30.9 Å². The molecule has 1 aliphatic heterocycles. The van der Waals surface area contributed by atoms with Gasteiger partial charge in [-0.1, -0.05) is 13.8 Å². The highest BCUT2D eigenvalue weighted by atomic mass is 32.2. The molecule has 2 N–H and O–H groups in total. The van der Waals surface area contributed by atoms with Gasteiger partial charge in [0.1, 0.15) is 5.82 Å². The van der Waals surface area contributed by atoms with Crippen LogP contribution in [0.25, 0.3) is 0 Å². The van der Waals surface area contributed by atoms with Crippen LogP contribution in [-0.2, 0) is 21.2 Å². The summed E-state index contributed by atoms with van der Waals surface area (Å²) < 4.78 is 32.9.